The summed E-state index contributed by atoms with van der Waals surface area (Å²) in [5, 5.41) is 53.6. The third kappa shape index (κ3) is 12.2. The van der Waals surface area contributed by atoms with Crippen LogP contribution in [0.2, 0.25) is 5.02 Å². The van der Waals surface area contributed by atoms with Gasteiger partial charge in [0.05, 0.1) is 35.6 Å². The van der Waals surface area contributed by atoms with E-state index >= 15 is 0 Å². The second kappa shape index (κ2) is 20.7. The first-order chi connectivity index (χ1) is 24.1. The number of nitrogens with two attached hydrogens (primary N) is 1. The number of piperidine rings is 2. The van der Waals surface area contributed by atoms with Crippen LogP contribution in [0.15, 0.2) is 6.07 Å². The lowest BCUT2D eigenvalue weighted by atomic mass is 9.92. The predicted octanol–water partition coefficient (Wildman–Crippen LogP) is 1.29. The molecule has 3 aliphatic heterocycles. The van der Waals surface area contributed by atoms with Crippen LogP contribution in [-0.2, 0) is 11.2 Å². The first-order valence-corrected chi connectivity index (χ1v) is 19.0. The Morgan fingerprint density at radius 2 is 1.50 bits per heavy atom. The van der Waals surface area contributed by atoms with Gasteiger partial charge in [-0.1, -0.05) is 37.3 Å². The second-order valence-corrected chi connectivity index (χ2v) is 14.8. The highest BCUT2D eigenvalue weighted by Crippen LogP contribution is 2.38. The number of anilines is 1. The molecular formula is C36H60ClN5O8. The number of likely N-dealkylation sites (tertiary alicyclic amines) is 2. The van der Waals surface area contributed by atoms with Gasteiger partial charge in [-0.2, -0.15) is 0 Å². The van der Waals surface area contributed by atoms with Crippen molar-refractivity contribution >= 4 is 29.1 Å². The molecule has 284 valence electrons. The second-order valence-electron chi connectivity index (χ2n) is 14.4. The number of rotatable bonds is 20. The fraction of sp³-hybridized carbons (Fsp3) is 0.778. The Labute approximate surface area is 301 Å². The van der Waals surface area contributed by atoms with Crippen LogP contribution >= 0.6 is 11.6 Å². The number of hydrogen-bond acceptors (Lipinski definition) is 11. The number of aliphatic hydroxyl groups is 5. The molecule has 1 aromatic carbocycles. The molecule has 2 amide bonds. The average molecular weight is 726 g/mol. The van der Waals surface area contributed by atoms with Crippen LogP contribution in [-0.4, -0.2) is 137 Å². The van der Waals surface area contributed by atoms with Crippen molar-refractivity contribution in [3.8, 4) is 5.75 Å². The monoisotopic (exact) mass is 725 g/mol. The van der Waals surface area contributed by atoms with Gasteiger partial charge < -0.3 is 56.4 Å². The van der Waals surface area contributed by atoms with Crippen LogP contribution in [0, 0.1) is 11.8 Å². The number of fused-ring (bicyclic) bond motifs is 1. The number of benzene rings is 1. The van der Waals surface area contributed by atoms with Gasteiger partial charge in [0.1, 0.15) is 24.1 Å². The van der Waals surface area contributed by atoms with Crippen molar-refractivity contribution in [3.05, 3.63) is 22.2 Å². The van der Waals surface area contributed by atoms with E-state index in [0.717, 1.165) is 82.7 Å². The van der Waals surface area contributed by atoms with E-state index in [1.54, 1.807) is 6.07 Å². The van der Waals surface area contributed by atoms with Crippen LogP contribution in [0.3, 0.4) is 0 Å². The number of unbranched alkanes of at least 4 members (excludes halogenated alkanes) is 5. The Morgan fingerprint density at radius 1 is 0.880 bits per heavy atom. The predicted molar refractivity (Wildman–Crippen MR) is 192 cm³/mol. The summed E-state index contributed by atoms with van der Waals surface area (Å²) in [5.74, 6) is 1.42. The van der Waals surface area contributed by atoms with Crippen molar-refractivity contribution in [1.82, 2.24) is 20.4 Å². The standard InChI is InChI=1S/C36H60ClN5O8/c37-28-19-27(35-26(32(28)38)12-18-50-35)36(49)40-20-24-8-16-42(17-9-24)22-25-10-14-41(15-11-25)13-6-4-2-1-3-5-7-31(46)39-21-29(44)33(47)34(48)30(45)23-43/h19,24-25,29-30,33-34,43-45,47-48H,1-18,20-23,38H2,(H,39,46)(H,40,49)/t29-,30+,33+,34+/m0/s1. The van der Waals surface area contributed by atoms with Crippen molar-refractivity contribution in [3.63, 3.8) is 0 Å². The lowest BCUT2D eigenvalue weighted by Crippen LogP contribution is -2.49. The van der Waals surface area contributed by atoms with Gasteiger partial charge in [0.25, 0.3) is 5.91 Å². The molecule has 3 heterocycles. The van der Waals surface area contributed by atoms with E-state index in [9.17, 15) is 30.0 Å². The topological polar surface area (TPSA) is 201 Å². The van der Waals surface area contributed by atoms with Gasteiger partial charge in [-0.05, 0) is 89.2 Å². The number of aliphatic hydroxyl groups excluding tert-OH is 5. The largest absolute Gasteiger partial charge is 0.492 e. The average Bonchev–Trinajstić information content (AvgIpc) is 3.63. The molecule has 9 N–H and O–H groups in total. The minimum Gasteiger partial charge on any atom is -0.492 e. The molecule has 3 aliphatic rings. The summed E-state index contributed by atoms with van der Waals surface area (Å²) < 4.78 is 5.70. The highest BCUT2D eigenvalue weighted by atomic mass is 35.5. The third-order valence-corrected chi connectivity index (χ3v) is 11.0. The number of nitrogens with zero attached hydrogens (tertiary/aromatic N) is 2. The summed E-state index contributed by atoms with van der Waals surface area (Å²) in [6.45, 7) is 6.98. The lowest BCUT2D eigenvalue weighted by molar-refractivity contribution is -0.126. The minimum absolute atomic E-state index is 0.145. The van der Waals surface area contributed by atoms with Crippen molar-refractivity contribution in [2.24, 2.45) is 11.8 Å². The van der Waals surface area contributed by atoms with E-state index in [0.29, 0.717) is 53.9 Å². The number of amides is 2. The highest BCUT2D eigenvalue weighted by molar-refractivity contribution is 6.33. The van der Waals surface area contributed by atoms with Crippen molar-refractivity contribution < 1.29 is 39.9 Å². The summed E-state index contributed by atoms with van der Waals surface area (Å²) in [4.78, 5) is 30.2. The van der Waals surface area contributed by atoms with E-state index in [-0.39, 0.29) is 18.4 Å². The highest BCUT2D eigenvalue weighted by Gasteiger charge is 2.30. The molecule has 0 aliphatic carbocycles. The number of nitrogen functional groups attached to an aromatic ring is 1. The Balaban J connectivity index is 0.973. The molecular weight excluding hydrogens is 666 g/mol. The summed E-state index contributed by atoms with van der Waals surface area (Å²) in [6.07, 6.45) is 5.56. The molecule has 4 rings (SSSR count). The molecule has 2 fully saturated rings. The zero-order valence-electron chi connectivity index (χ0n) is 29.4. The smallest absolute Gasteiger partial charge is 0.255 e. The van der Waals surface area contributed by atoms with Crippen LogP contribution in [0.4, 0.5) is 5.69 Å². The molecule has 13 nitrogen and oxygen atoms in total. The lowest BCUT2D eigenvalue weighted by Gasteiger charge is -2.37. The maximum atomic E-state index is 13.0. The number of carbonyl (C=O) groups excluding carboxylic acids is 2. The first-order valence-electron chi connectivity index (χ1n) is 18.6. The molecule has 50 heavy (non-hydrogen) atoms. The van der Waals surface area contributed by atoms with E-state index in [2.05, 4.69) is 20.4 Å². The van der Waals surface area contributed by atoms with Gasteiger partial charge in [0.15, 0.2) is 0 Å². The summed E-state index contributed by atoms with van der Waals surface area (Å²) in [5.41, 5.74) is 7.90. The normalized spacial score (nSPS) is 20.1. The Morgan fingerprint density at radius 3 is 2.20 bits per heavy atom. The minimum atomic E-state index is -1.70. The van der Waals surface area contributed by atoms with E-state index < -0.39 is 31.0 Å². The van der Waals surface area contributed by atoms with Crippen molar-refractivity contribution in [1.29, 1.82) is 0 Å². The van der Waals surface area contributed by atoms with Crippen LogP contribution < -0.4 is 21.1 Å². The van der Waals surface area contributed by atoms with E-state index in [1.807, 2.05) is 0 Å². The maximum absolute atomic E-state index is 13.0. The maximum Gasteiger partial charge on any atom is 0.255 e. The molecule has 0 aromatic heterocycles. The molecule has 4 atom stereocenters. The van der Waals surface area contributed by atoms with Gasteiger partial charge in [-0.3, -0.25) is 9.59 Å². The molecule has 0 bridgehead atoms. The molecule has 0 spiro atoms. The number of ether oxygens (including phenoxy) is 1. The number of nitrogens with one attached hydrogen (secondary N) is 2. The van der Waals surface area contributed by atoms with Crippen LogP contribution in [0.25, 0.3) is 0 Å². The third-order valence-electron chi connectivity index (χ3n) is 10.7. The Kier molecular flexibility index (Phi) is 16.8. The number of carbonyl (C=O) groups is 2. The van der Waals surface area contributed by atoms with Crippen LogP contribution in [0.5, 0.6) is 5.75 Å². The molecule has 0 unspecified atom stereocenters. The van der Waals surface area contributed by atoms with Crippen molar-refractivity contribution in [2.75, 3.05) is 71.3 Å². The van der Waals surface area contributed by atoms with Gasteiger partial charge in [-0.15, -0.1) is 0 Å². The number of hydrogen-bond donors (Lipinski definition) is 8. The fourth-order valence-corrected chi connectivity index (χ4v) is 7.54. The summed E-state index contributed by atoms with van der Waals surface area (Å²) in [6, 6.07) is 1.62. The van der Waals surface area contributed by atoms with E-state index in [1.165, 1.54) is 32.2 Å². The molecule has 1 aromatic rings. The van der Waals surface area contributed by atoms with Gasteiger partial charge >= 0.3 is 0 Å². The van der Waals surface area contributed by atoms with E-state index in [4.69, 9.17) is 27.2 Å². The fourth-order valence-electron chi connectivity index (χ4n) is 7.32. The Bertz CT molecular complexity index is 1210. The Hall–Kier alpha value is -2.23. The summed E-state index contributed by atoms with van der Waals surface area (Å²) in [7, 11) is 0. The molecule has 0 radical (unpaired) electrons. The zero-order valence-corrected chi connectivity index (χ0v) is 30.2. The zero-order chi connectivity index (χ0) is 36.0. The van der Waals surface area contributed by atoms with Crippen molar-refractivity contribution in [2.45, 2.75) is 101 Å². The molecule has 14 heteroatoms. The molecule has 0 saturated carbocycles. The van der Waals surface area contributed by atoms with Gasteiger partial charge in [-0.25, -0.2) is 0 Å². The SMILES string of the molecule is Nc1c(Cl)cc(C(=O)NCC2CCN(CC3CCN(CCCCCCCCC(=O)NC[C@H](O)[C@@H](O)[C@H](O)[C@H](O)CO)CC3)CC2)c2c1CCO2. The van der Waals surface area contributed by atoms with Crippen LogP contribution in [0.1, 0.15) is 86.6 Å². The first kappa shape index (κ1) is 40.5. The quantitative estimate of drug-likeness (QED) is 0.0712. The van der Waals surface area contributed by atoms with Gasteiger partial charge in [0, 0.05) is 38.0 Å². The van der Waals surface area contributed by atoms with Gasteiger partial charge in [0.2, 0.25) is 5.91 Å². The number of halogens is 1. The summed E-state index contributed by atoms with van der Waals surface area (Å²) >= 11 is 6.28. The molecule has 2 saturated heterocycles.